The number of hydrogen-bond donors (Lipinski definition) is 1. The maximum absolute atomic E-state index is 10.1. The fourth-order valence-corrected chi connectivity index (χ4v) is 0.650. The van der Waals surface area contributed by atoms with Gasteiger partial charge in [-0.2, -0.15) is 8.42 Å². The van der Waals surface area contributed by atoms with E-state index in [0.29, 0.717) is 0 Å². The minimum absolute atomic E-state index is 0.0723. The van der Waals surface area contributed by atoms with E-state index in [4.69, 9.17) is 5.11 Å². The van der Waals surface area contributed by atoms with Gasteiger partial charge in [-0.1, -0.05) is 0 Å². The summed E-state index contributed by atoms with van der Waals surface area (Å²) in [5, 5.41) is 8.01. The quantitative estimate of drug-likeness (QED) is 0.526. The first kappa shape index (κ1) is 7.87. The van der Waals surface area contributed by atoms with E-state index in [1.54, 1.807) is 0 Å². The Hall–Kier alpha value is -0.130. The summed E-state index contributed by atoms with van der Waals surface area (Å²) in [6, 6.07) is 0. The highest BCUT2D eigenvalue weighted by atomic mass is 32.2. The van der Waals surface area contributed by atoms with E-state index in [-0.39, 0.29) is 6.61 Å². The van der Waals surface area contributed by atoms with Crippen LogP contribution in [0.25, 0.3) is 0 Å². The fraction of sp³-hybridized carbons (Fsp3) is 1.00. The third-order valence-corrected chi connectivity index (χ3v) is 1.37. The Balaban J connectivity index is 3.76. The van der Waals surface area contributed by atoms with E-state index >= 15 is 0 Å². The van der Waals surface area contributed by atoms with Gasteiger partial charge < -0.3 is 5.11 Å². The van der Waals surface area contributed by atoms with Crippen molar-refractivity contribution in [3.8, 4) is 0 Å². The van der Waals surface area contributed by atoms with Gasteiger partial charge in [0.15, 0.2) is 5.94 Å². The third kappa shape index (κ3) is 2.95. The van der Waals surface area contributed by atoms with Gasteiger partial charge in [0.25, 0.3) is 10.1 Å². The number of rotatable bonds is 3. The lowest BCUT2D eigenvalue weighted by molar-refractivity contribution is 0.290. The Morgan fingerprint density at radius 3 is 2.25 bits per heavy atom. The van der Waals surface area contributed by atoms with Gasteiger partial charge in [-0.25, -0.2) is 0 Å². The molecular weight excluding hydrogens is 132 g/mol. The van der Waals surface area contributed by atoms with Gasteiger partial charge in [0.1, 0.15) is 0 Å². The molecule has 0 aromatic rings. The molecule has 0 radical (unpaired) electrons. The average Bonchev–Trinajstić information content (AvgIpc) is 1.67. The summed E-state index contributed by atoms with van der Waals surface area (Å²) in [5.41, 5.74) is 0. The first-order chi connectivity index (χ1) is 3.62. The van der Waals surface area contributed by atoms with Gasteiger partial charge in [0.05, 0.1) is 6.61 Å². The van der Waals surface area contributed by atoms with Crippen LogP contribution in [0.1, 0.15) is 6.92 Å². The summed E-state index contributed by atoms with van der Waals surface area (Å²) >= 11 is 0. The number of aliphatic hydroxyl groups is 1. The van der Waals surface area contributed by atoms with E-state index < -0.39 is 16.1 Å². The maximum Gasteiger partial charge on any atom is 0.291 e. The minimum atomic E-state index is -3.61. The zero-order valence-electron chi connectivity index (χ0n) is 4.49. The molecule has 1 N–H and O–H groups in total. The van der Waals surface area contributed by atoms with Crippen LogP contribution in [0, 0.1) is 0 Å². The van der Waals surface area contributed by atoms with Crippen molar-refractivity contribution in [3.63, 3.8) is 0 Å². The van der Waals surface area contributed by atoms with E-state index in [1.165, 1.54) is 6.92 Å². The predicted octanol–water partition coefficient (Wildman–Crippen LogP) is -0.698. The molecule has 0 heterocycles. The molecular formula is C3H8O4S. The zero-order valence-corrected chi connectivity index (χ0v) is 5.31. The lowest BCUT2D eigenvalue weighted by atomic mass is 10.9. The first-order valence-electron chi connectivity index (χ1n) is 2.10. The molecule has 5 heteroatoms. The van der Waals surface area contributed by atoms with Crippen LogP contribution < -0.4 is 0 Å². The van der Waals surface area contributed by atoms with Crippen LogP contribution >= 0.6 is 0 Å². The molecule has 0 saturated heterocycles. The molecule has 0 aromatic heterocycles. The van der Waals surface area contributed by atoms with Crippen LogP contribution in [0.5, 0.6) is 0 Å². The normalized spacial score (nSPS) is 11.8. The molecule has 4 nitrogen and oxygen atoms in total. The van der Waals surface area contributed by atoms with E-state index in [9.17, 15) is 8.42 Å². The summed E-state index contributed by atoms with van der Waals surface area (Å²) < 4.78 is 24.4. The zero-order chi connectivity index (χ0) is 6.62. The van der Waals surface area contributed by atoms with Gasteiger partial charge in [-0.15, -0.1) is 0 Å². The smallest absolute Gasteiger partial charge is 0.291 e. The van der Waals surface area contributed by atoms with Crippen LogP contribution in [0.4, 0.5) is 0 Å². The van der Waals surface area contributed by atoms with Crippen molar-refractivity contribution < 1.29 is 17.7 Å². The monoisotopic (exact) mass is 140 g/mol. The second kappa shape index (κ2) is 3.01. The summed E-state index contributed by atoms with van der Waals surface area (Å²) in [7, 11) is -3.61. The molecule has 0 aromatic carbocycles. The van der Waals surface area contributed by atoms with E-state index in [2.05, 4.69) is 4.18 Å². The Labute approximate surface area is 48.2 Å². The summed E-state index contributed by atoms with van der Waals surface area (Å²) in [5.74, 6) is -0.944. The van der Waals surface area contributed by atoms with Crippen molar-refractivity contribution >= 4 is 10.1 Å². The molecule has 0 saturated carbocycles. The minimum Gasteiger partial charge on any atom is -0.378 e. The molecule has 0 spiro atoms. The molecule has 8 heavy (non-hydrogen) atoms. The molecule has 0 aliphatic carbocycles. The number of aliphatic hydroxyl groups excluding tert-OH is 1. The topological polar surface area (TPSA) is 63.6 Å². The van der Waals surface area contributed by atoms with Crippen molar-refractivity contribution in [2.24, 2.45) is 0 Å². The Morgan fingerprint density at radius 1 is 1.62 bits per heavy atom. The standard InChI is InChI=1S/C3H8O4S/c1-2-7-8(5,6)3-4/h4H,2-3H2,1H3. The van der Waals surface area contributed by atoms with Crippen LogP contribution in [0.3, 0.4) is 0 Å². The lowest BCUT2D eigenvalue weighted by Gasteiger charge is -1.95. The molecule has 0 bridgehead atoms. The summed E-state index contributed by atoms with van der Waals surface area (Å²) in [4.78, 5) is 0. The third-order valence-electron chi connectivity index (χ3n) is 0.456. The highest BCUT2D eigenvalue weighted by Crippen LogP contribution is 1.87. The Morgan fingerprint density at radius 2 is 2.12 bits per heavy atom. The molecule has 0 rings (SSSR count). The van der Waals surface area contributed by atoms with Crippen LogP contribution in [0.2, 0.25) is 0 Å². The number of hydrogen-bond acceptors (Lipinski definition) is 4. The molecule has 0 atom stereocenters. The summed E-state index contributed by atoms with van der Waals surface area (Å²) in [6.07, 6.45) is 0. The second-order valence-corrected chi connectivity index (χ2v) is 2.70. The van der Waals surface area contributed by atoms with Crippen LogP contribution in [-0.4, -0.2) is 26.1 Å². The van der Waals surface area contributed by atoms with Crippen LogP contribution in [0.15, 0.2) is 0 Å². The molecule has 0 fully saturated rings. The molecule has 50 valence electrons. The van der Waals surface area contributed by atoms with E-state index in [1.807, 2.05) is 0 Å². The molecule has 0 aliphatic rings. The molecule has 0 aliphatic heterocycles. The van der Waals surface area contributed by atoms with Crippen molar-refractivity contribution in [3.05, 3.63) is 0 Å². The van der Waals surface area contributed by atoms with Crippen molar-refractivity contribution in [2.75, 3.05) is 12.5 Å². The predicted molar refractivity (Wildman–Crippen MR) is 27.6 cm³/mol. The molecule has 0 amide bonds. The SMILES string of the molecule is CCOS(=O)(=O)CO. The van der Waals surface area contributed by atoms with Crippen LogP contribution in [-0.2, 0) is 14.3 Å². The summed E-state index contributed by atoms with van der Waals surface area (Å²) in [6.45, 7) is 1.61. The van der Waals surface area contributed by atoms with Gasteiger partial charge >= 0.3 is 0 Å². The van der Waals surface area contributed by atoms with Crippen molar-refractivity contribution in [1.29, 1.82) is 0 Å². The largest absolute Gasteiger partial charge is 0.378 e. The average molecular weight is 140 g/mol. The van der Waals surface area contributed by atoms with Gasteiger partial charge in [-0.3, -0.25) is 4.18 Å². The maximum atomic E-state index is 10.1. The Bertz CT molecular complexity index is 135. The van der Waals surface area contributed by atoms with Crippen molar-refractivity contribution in [2.45, 2.75) is 6.92 Å². The van der Waals surface area contributed by atoms with Gasteiger partial charge in [0.2, 0.25) is 0 Å². The van der Waals surface area contributed by atoms with E-state index in [0.717, 1.165) is 0 Å². The van der Waals surface area contributed by atoms with Gasteiger partial charge in [0, 0.05) is 0 Å². The fourth-order valence-electron chi connectivity index (χ4n) is 0.217. The van der Waals surface area contributed by atoms with Crippen molar-refractivity contribution in [1.82, 2.24) is 0 Å². The Kier molecular flexibility index (Phi) is 2.96. The highest BCUT2D eigenvalue weighted by molar-refractivity contribution is 7.86. The first-order valence-corrected chi connectivity index (χ1v) is 3.68. The highest BCUT2D eigenvalue weighted by Gasteiger charge is 2.04. The molecule has 0 unspecified atom stereocenters. The van der Waals surface area contributed by atoms with Gasteiger partial charge in [-0.05, 0) is 6.92 Å². The lowest BCUT2D eigenvalue weighted by Crippen LogP contribution is -2.08. The second-order valence-electron chi connectivity index (χ2n) is 1.09.